The van der Waals surface area contributed by atoms with Gasteiger partial charge in [0.25, 0.3) is 5.91 Å². The van der Waals surface area contributed by atoms with Crippen LogP contribution in [-0.2, 0) is 26.7 Å². The number of carbonyl (C=O) groups excluding carboxylic acids is 1. The predicted molar refractivity (Wildman–Crippen MR) is 165 cm³/mol. The van der Waals surface area contributed by atoms with Crippen LogP contribution < -0.4 is 14.4 Å². The van der Waals surface area contributed by atoms with Gasteiger partial charge in [0.05, 0.1) is 17.3 Å². The van der Waals surface area contributed by atoms with Crippen molar-refractivity contribution in [2.45, 2.75) is 45.9 Å². The molecule has 6 rings (SSSR count). The molecule has 0 spiro atoms. The molecule has 6 heteroatoms. The summed E-state index contributed by atoms with van der Waals surface area (Å²) >= 11 is 0. The van der Waals surface area contributed by atoms with Gasteiger partial charge in [-0.3, -0.25) is 9.48 Å². The average molecular weight is 558 g/mol. The number of para-hydroxylation sites is 1. The van der Waals surface area contributed by atoms with Gasteiger partial charge in [-0.25, -0.2) is 0 Å². The fraction of sp³-hybridized carbons (Fsp3) is 0.222. The highest BCUT2D eigenvalue weighted by atomic mass is 16.5. The molecule has 0 saturated carbocycles. The average Bonchev–Trinajstić information content (AvgIpc) is 3.29. The summed E-state index contributed by atoms with van der Waals surface area (Å²) in [6.07, 6.45) is 1.70. The summed E-state index contributed by atoms with van der Waals surface area (Å²) in [6, 6.07) is 33.6. The molecule has 2 heterocycles. The summed E-state index contributed by atoms with van der Waals surface area (Å²) in [6.45, 7) is 4.86. The molecule has 4 aromatic carbocycles. The summed E-state index contributed by atoms with van der Waals surface area (Å²) in [5.41, 5.74) is 7.81. The molecule has 0 saturated heterocycles. The number of ether oxygens (including phenoxy) is 2. The Bertz CT molecular complexity index is 1700. The van der Waals surface area contributed by atoms with Gasteiger partial charge >= 0.3 is 0 Å². The number of aromatic nitrogens is 2. The normalized spacial score (nSPS) is 14.4. The maximum Gasteiger partial charge on any atom is 0.262 e. The van der Waals surface area contributed by atoms with Crippen LogP contribution in [-0.4, -0.2) is 15.7 Å². The van der Waals surface area contributed by atoms with E-state index < -0.39 is 0 Å². The van der Waals surface area contributed by atoms with Gasteiger partial charge in [0.15, 0.2) is 0 Å². The molecule has 0 radical (unpaired) electrons. The first kappa shape index (κ1) is 27.3. The van der Waals surface area contributed by atoms with Crippen LogP contribution in [0.2, 0.25) is 0 Å². The summed E-state index contributed by atoms with van der Waals surface area (Å²) in [5.74, 6) is 1.04. The molecule has 1 atom stereocenters. The van der Waals surface area contributed by atoms with Crippen molar-refractivity contribution < 1.29 is 14.3 Å². The number of benzene rings is 4. The quantitative estimate of drug-likeness (QED) is 0.198. The van der Waals surface area contributed by atoms with Crippen molar-refractivity contribution in [3.05, 3.63) is 142 Å². The number of carbonyl (C=O) groups is 1. The maximum atomic E-state index is 14.7. The number of anilines is 1. The monoisotopic (exact) mass is 557 g/mol. The number of hydrogen-bond donors (Lipinski definition) is 0. The minimum atomic E-state index is -0.142. The Morgan fingerprint density at radius 2 is 1.48 bits per heavy atom. The minimum absolute atomic E-state index is 0.104. The first-order valence-electron chi connectivity index (χ1n) is 14.4. The van der Waals surface area contributed by atoms with Gasteiger partial charge in [-0.1, -0.05) is 78.9 Å². The zero-order valence-electron chi connectivity index (χ0n) is 24.3. The van der Waals surface area contributed by atoms with Crippen molar-refractivity contribution in [2.75, 3.05) is 4.90 Å². The highest BCUT2D eigenvalue weighted by Gasteiger charge is 2.36. The molecule has 1 aliphatic rings. The highest BCUT2D eigenvalue weighted by molar-refractivity contribution is 6.09. The minimum Gasteiger partial charge on any atom is -0.489 e. The standard InChI is InChI=1S/C36H35N3O3/c1-25-35(26(2)38(3)37-25)33-21-18-29-16-10-11-17-32(29)39(33)36(40)31-20-19-30(41-23-27-12-6-4-7-13-27)22-34(31)42-24-28-14-8-5-9-15-28/h4-17,19-20,22,33H,18,21,23-24H2,1-3H3. The lowest BCUT2D eigenvalue weighted by molar-refractivity contribution is 0.0968. The van der Waals surface area contributed by atoms with Crippen LogP contribution in [0.15, 0.2) is 103 Å². The van der Waals surface area contributed by atoms with Crippen molar-refractivity contribution in [1.82, 2.24) is 9.78 Å². The van der Waals surface area contributed by atoms with E-state index in [1.54, 1.807) is 0 Å². The third-order valence-electron chi connectivity index (χ3n) is 8.04. The van der Waals surface area contributed by atoms with E-state index in [1.807, 2.05) is 121 Å². The SMILES string of the molecule is Cc1nn(C)c(C)c1C1CCc2ccccc2N1C(=O)c1ccc(OCc2ccccc2)cc1OCc1ccccc1. The van der Waals surface area contributed by atoms with Gasteiger partial charge in [0.2, 0.25) is 0 Å². The van der Waals surface area contributed by atoms with E-state index in [0.717, 1.165) is 52.2 Å². The number of fused-ring (bicyclic) bond motifs is 1. The molecule has 1 aliphatic heterocycles. The topological polar surface area (TPSA) is 56.6 Å². The van der Waals surface area contributed by atoms with Crippen molar-refractivity contribution in [3.63, 3.8) is 0 Å². The van der Waals surface area contributed by atoms with E-state index in [1.165, 1.54) is 0 Å². The Labute approximate surface area is 247 Å². The van der Waals surface area contributed by atoms with Crippen LogP contribution in [0, 0.1) is 13.8 Å². The third kappa shape index (κ3) is 5.53. The van der Waals surface area contributed by atoms with Crippen LogP contribution in [0.4, 0.5) is 5.69 Å². The molecule has 5 aromatic rings. The van der Waals surface area contributed by atoms with Gasteiger partial charge in [0.1, 0.15) is 24.7 Å². The lowest BCUT2D eigenvalue weighted by Gasteiger charge is -2.38. The summed E-state index contributed by atoms with van der Waals surface area (Å²) in [5, 5.41) is 4.68. The van der Waals surface area contributed by atoms with Gasteiger partial charge in [-0.05, 0) is 61.6 Å². The van der Waals surface area contributed by atoms with Crippen LogP contribution in [0.3, 0.4) is 0 Å². The third-order valence-corrected chi connectivity index (χ3v) is 8.04. The lowest BCUT2D eigenvalue weighted by Crippen LogP contribution is -2.39. The van der Waals surface area contributed by atoms with E-state index in [9.17, 15) is 4.79 Å². The molecule has 0 aliphatic carbocycles. The molecule has 0 fully saturated rings. The van der Waals surface area contributed by atoms with Crippen LogP contribution >= 0.6 is 0 Å². The van der Waals surface area contributed by atoms with E-state index in [-0.39, 0.29) is 11.9 Å². The Morgan fingerprint density at radius 1 is 0.833 bits per heavy atom. The van der Waals surface area contributed by atoms with Crippen molar-refractivity contribution in [2.24, 2.45) is 7.05 Å². The maximum absolute atomic E-state index is 14.7. The van der Waals surface area contributed by atoms with E-state index in [0.29, 0.717) is 30.3 Å². The first-order valence-corrected chi connectivity index (χ1v) is 14.4. The Morgan fingerprint density at radius 3 is 2.14 bits per heavy atom. The predicted octanol–water partition coefficient (Wildman–Crippen LogP) is 7.53. The van der Waals surface area contributed by atoms with E-state index >= 15 is 0 Å². The smallest absolute Gasteiger partial charge is 0.262 e. The number of nitrogens with zero attached hydrogens (tertiary/aromatic N) is 3. The number of amides is 1. The Kier molecular flexibility index (Phi) is 7.78. The fourth-order valence-electron chi connectivity index (χ4n) is 5.84. The fourth-order valence-corrected chi connectivity index (χ4v) is 5.84. The molecular weight excluding hydrogens is 522 g/mol. The van der Waals surface area contributed by atoms with Gasteiger partial charge in [-0.15, -0.1) is 0 Å². The summed E-state index contributed by atoms with van der Waals surface area (Å²) in [7, 11) is 1.96. The molecule has 0 bridgehead atoms. The Hall–Kier alpha value is -4.84. The molecule has 6 nitrogen and oxygen atoms in total. The van der Waals surface area contributed by atoms with Crippen LogP contribution in [0.1, 0.15) is 56.5 Å². The summed E-state index contributed by atoms with van der Waals surface area (Å²) < 4.78 is 14.4. The first-order chi connectivity index (χ1) is 20.5. The zero-order chi connectivity index (χ0) is 29.1. The second-order valence-corrected chi connectivity index (χ2v) is 10.8. The molecule has 1 aromatic heterocycles. The van der Waals surface area contributed by atoms with Crippen molar-refractivity contribution in [1.29, 1.82) is 0 Å². The highest BCUT2D eigenvalue weighted by Crippen LogP contribution is 2.42. The van der Waals surface area contributed by atoms with Gasteiger partial charge in [0, 0.05) is 30.1 Å². The Balaban J connectivity index is 1.39. The zero-order valence-corrected chi connectivity index (χ0v) is 24.3. The molecule has 0 N–H and O–H groups in total. The van der Waals surface area contributed by atoms with Crippen LogP contribution in [0.25, 0.3) is 0 Å². The van der Waals surface area contributed by atoms with E-state index in [4.69, 9.17) is 9.47 Å². The molecule has 212 valence electrons. The van der Waals surface area contributed by atoms with Gasteiger partial charge in [-0.2, -0.15) is 5.10 Å². The largest absolute Gasteiger partial charge is 0.489 e. The number of rotatable bonds is 8. The number of aryl methyl sites for hydroxylation is 3. The van der Waals surface area contributed by atoms with Crippen molar-refractivity contribution in [3.8, 4) is 11.5 Å². The second kappa shape index (κ2) is 12.0. The van der Waals surface area contributed by atoms with Crippen LogP contribution in [0.5, 0.6) is 11.5 Å². The lowest BCUT2D eigenvalue weighted by atomic mass is 9.89. The number of hydrogen-bond acceptors (Lipinski definition) is 4. The summed E-state index contributed by atoms with van der Waals surface area (Å²) in [4.78, 5) is 16.6. The molecular formula is C36H35N3O3. The van der Waals surface area contributed by atoms with Crippen molar-refractivity contribution >= 4 is 11.6 Å². The van der Waals surface area contributed by atoms with E-state index in [2.05, 4.69) is 18.1 Å². The molecule has 1 unspecified atom stereocenters. The van der Waals surface area contributed by atoms with Gasteiger partial charge < -0.3 is 14.4 Å². The molecule has 42 heavy (non-hydrogen) atoms. The second-order valence-electron chi connectivity index (χ2n) is 10.8. The molecule has 1 amide bonds.